The number of rotatable bonds is 8. The van der Waals surface area contributed by atoms with E-state index in [0.717, 1.165) is 31.9 Å². The van der Waals surface area contributed by atoms with Crippen molar-refractivity contribution in [2.75, 3.05) is 45.3 Å². The smallest absolute Gasteiger partial charge is 0.246 e. The first-order valence-corrected chi connectivity index (χ1v) is 10.1. The highest BCUT2D eigenvalue weighted by Gasteiger charge is 2.30. The maximum absolute atomic E-state index is 13.2. The van der Waals surface area contributed by atoms with E-state index < -0.39 is 6.04 Å². The van der Waals surface area contributed by atoms with Crippen molar-refractivity contribution in [3.05, 3.63) is 60.2 Å². The summed E-state index contributed by atoms with van der Waals surface area (Å²) in [6.07, 6.45) is 0. The normalized spacial score (nSPS) is 16.2. The lowest BCUT2D eigenvalue weighted by atomic mass is 9.99. The molecule has 2 aromatic carbocycles. The molecule has 2 N–H and O–H groups in total. The molecular formula is C23H31N3O3. The fourth-order valence-corrected chi connectivity index (χ4v) is 3.55. The molecule has 0 aliphatic carbocycles. The number of carbonyl (C=O) groups excluding carboxylic acids is 1. The number of methoxy groups -OCH3 is 1. The van der Waals surface area contributed by atoms with Crippen LogP contribution in [0.2, 0.25) is 0 Å². The summed E-state index contributed by atoms with van der Waals surface area (Å²) in [6.45, 7) is 8.39. The second kappa shape index (κ2) is 9.87. The Labute approximate surface area is 173 Å². The number of hydrogen-bond acceptors (Lipinski definition) is 5. The van der Waals surface area contributed by atoms with E-state index in [1.165, 1.54) is 0 Å². The van der Waals surface area contributed by atoms with Crippen molar-refractivity contribution in [1.82, 2.24) is 10.2 Å². The van der Waals surface area contributed by atoms with Crippen LogP contribution in [0.15, 0.2) is 54.6 Å². The van der Waals surface area contributed by atoms with Crippen LogP contribution >= 0.6 is 0 Å². The zero-order valence-electron chi connectivity index (χ0n) is 17.5. The first kappa shape index (κ1) is 21.3. The molecule has 0 bridgehead atoms. The molecule has 1 saturated heterocycles. The molecule has 1 fully saturated rings. The van der Waals surface area contributed by atoms with Gasteiger partial charge in [0.05, 0.1) is 20.3 Å². The first-order valence-electron chi connectivity index (χ1n) is 10.1. The number of morpholine rings is 1. The monoisotopic (exact) mass is 397 g/mol. The molecule has 0 radical (unpaired) electrons. The quantitative estimate of drug-likeness (QED) is 0.717. The van der Waals surface area contributed by atoms with E-state index in [2.05, 4.69) is 29.4 Å². The number of ether oxygens (including phenoxy) is 2. The van der Waals surface area contributed by atoms with Gasteiger partial charge in [-0.3, -0.25) is 9.69 Å². The number of amides is 1. The Hall–Kier alpha value is -2.41. The van der Waals surface area contributed by atoms with Gasteiger partial charge in [-0.25, -0.2) is 0 Å². The molecule has 1 heterocycles. The third kappa shape index (κ3) is 5.79. The lowest BCUT2D eigenvalue weighted by Crippen LogP contribution is -2.55. The number of benzene rings is 2. The zero-order valence-corrected chi connectivity index (χ0v) is 17.5. The van der Waals surface area contributed by atoms with Crippen LogP contribution < -0.4 is 15.4 Å². The molecule has 0 aromatic heterocycles. The molecule has 3 rings (SSSR count). The fourth-order valence-electron chi connectivity index (χ4n) is 3.55. The van der Waals surface area contributed by atoms with E-state index >= 15 is 0 Å². The van der Waals surface area contributed by atoms with E-state index in [1.54, 1.807) is 7.11 Å². The van der Waals surface area contributed by atoms with E-state index in [1.807, 2.05) is 54.6 Å². The predicted molar refractivity (Wildman–Crippen MR) is 115 cm³/mol. The number of nitrogens with one attached hydrogen (secondary N) is 2. The molecule has 1 amide bonds. The maximum atomic E-state index is 13.2. The van der Waals surface area contributed by atoms with Crippen LogP contribution in [0.4, 0.5) is 5.69 Å². The molecule has 29 heavy (non-hydrogen) atoms. The molecule has 6 nitrogen and oxygen atoms in total. The number of hydrogen-bond donors (Lipinski definition) is 2. The number of carbonyl (C=O) groups is 1. The minimum atomic E-state index is -0.456. The summed E-state index contributed by atoms with van der Waals surface area (Å²) in [5.74, 6) is 0.614. The zero-order chi connectivity index (χ0) is 20.7. The van der Waals surface area contributed by atoms with Gasteiger partial charge in [0.2, 0.25) is 5.91 Å². The van der Waals surface area contributed by atoms with Gasteiger partial charge in [0.25, 0.3) is 0 Å². The van der Waals surface area contributed by atoms with Gasteiger partial charge in [-0.1, -0.05) is 36.4 Å². The van der Waals surface area contributed by atoms with Crippen LogP contribution in [0.1, 0.15) is 25.5 Å². The average Bonchev–Trinajstić information content (AvgIpc) is 2.75. The predicted octanol–water partition coefficient (Wildman–Crippen LogP) is 3.08. The summed E-state index contributed by atoms with van der Waals surface area (Å²) in [6, 6.07) is 16.8. The van der Waals surface area contributed by atoms with Gasteiger partial charge in [0.1, 0.15) is 11.8 Å². The number of anilines is 1. The molecule has 1 atom stereocenters. The summed E-state index contributed by atoms with van der Waals surface area (Å²) >= 11 is 0. The van der Waals surface area contributed by atoms with Crippen LogP contribution in [-0.2, 0) is 9.53 Å². The molecule has 1 aliphatic rings. The third-order valence-corrected chi connectivity index (χ3v) is 5.34. The van der Waals surface area contributed by atoms with Crippen molar-refractivity contribution in [1.29, 1.82) is 0 Å². The number of nitrogens with zero attached hydrogens (tertiary/aromatic N) is 1. The minimum Gasteiger partial charge on any atom is -0.497 e. The van der Waals surface area contributed by atoms with Crippen molar-refractivity contribution in [3.8, 4) is 5.75 Å². The van der Waals surface area contributed by atoms with Crippen LogP contribution in [0.25, 0.3) is 0 Å². The Morgan fingerprint density at radius 1 is 1.14 bits per heavy atom. The molecule has 1 aliphatic heterocycles. The Morgan fingerprint density at radius 2 is 1.86 bits per heavy atom. The highest BCUT2D eigenvalue weighted by Crippen LogP contribution is 2.22. The van der Waals surface area contributed by atoms with Gasteiger partial charge in [-0.15, -0.1) is 0 Å². The van der Waals surface area contributed by atoms with E-state index in [-0.39, 0.29) is 11.4 Å². The van der Waals surface area contributed by atoms with Crippen molar-refractivity contribution < 1.29 is 14.3 Å². The highest BCUT2D eigenvalue weighted by molar-refractivity contribution is 5.95. The van der Waals surface area contributed by atoms with E-state index in [4.69, 9.17) is 9.47 Å². The molecular weight excluding hydrogens is 366 g/mol. The first-order chi connectivity index (χ1) is 14.0. The Bertz CT molecular complexity index is 789. The largest absolute Gasteiger partial charge is 0.497 e. The molecule has 0 saturated carbocycles. The second-order valence-electron chi connectivity index (χ2n) is 7.86. The van der Waals surface area contributed by atoms with Crippen molar-refractivity contribution in [3.63, 3.8) is 0 Å². The lowest BCUT2D eigenvalue weighted by Gasteiger charge is -2.41. The third-order valence-electron chi connectivity index (χ3n) is 5.34. The molecule has 2 aromatic rings. The average molecular weight is 398 g/mol. The van der Waals surface area contributed by atoms with Gasteiger partial charge in [-0.2, -0.15) is 0 Å². The van der Waals surface area contributed by atoms with E-state index in [9.17, 15) is 4.79 Å². The second-order valence-corrected chi connectivity index (χ2v) is 7.86. The van der Waals surface area contributed by atoms with E-state index in [0.29, 0.717) is 18.0 Å². The lowest BCUT2D eigenvalue weighted by molar-refractivity contribution is -0.118. The van der Waals surface area contributed by atoms with Gasteiger partial charge in [0.15, 0.2) is 0 Å². The molecule has 0 unspecified atom stereocenters. The fraction of sp³-hybridized carbons (Fsp3) is 0.435. The summed E-state index contributed by atoms with van der Waals surface area (Å²) in [5, 5.41) is 6.51. The van der Waals surface area contributed by atoms with Gasteiger partial charge < -0.3 is 20.1 Å². The summed E-state index contributed by atoms with van der Waals surface area (Å²) < 4.78 is 10.7. The standard InChI is InChI=1S/C23H31N3O3/c1-23(2,26-12-14-29-15-13-26)17-24-21(18-8-5-4-6-9-18)22(27)25-19-10-7-11-20(16-19)28-3/h4-11,16,21,24H,12-15,17H2,1-3H3,(H,25,27)/t21-/m0/s1. The SMILES string of the molecule is COc1cccc(NC(=O)[C@@H](NCC(C)(C)N2CCOCC2)c2ccccc2)c1. The summed E-state index contributed by atoms with van der Waals surface area (Å²) in [5.41, 5.74) is 1.56. The Balaban J connectivity index is 1.73. The van der Waals surface area contributed by atoms with Crippen LogP contribution in [-0.4, -0.2) is 56.3 Å². The molecule has 6 heteroatoms. The van der Waals surface area contributed by atoms with Crippen molar-refractivity contribution >= 4 is 11.6 Å². The summed E-state index contributed by atoms with van der Waals surface area (Å²) in [4.78, 5) is 15.6. The van der Waals surface area contributed by atoms with Crippen LogP contribution in [0, 0.1) is 0 Å². The van der Waals surface area contributed by atoms with Crippen molar-refractivity contribution in [2.45, 2.75) is 25.4 Å². The molecule has 0 spiro atoms. The maximum Gasteiger partial charge on any atom is 0.246 e. The van der Waals surface area contributed by atoms with Crippen LogP contribution in [0.3, 0.4) is 0 Å². The van der Waals surface area contributed by atoms with Gasteiger partial charge in [0, 0.05) is 36.9 Å². The van der Waals surface area contributed by atoms with Gasteiger partial charge >= 0.3 is 0 Å². The van der Waals surface area contributed by atoms with Crippen LogP contribution in [0.5, 0.6) is 5.75 Å². The van der Waals surface area contributed by atoms with Crippen molar-refractivity contribution in [2.24, 2.45) is 0 Å². The Morgan fingerprint density at radius 3 is 2.55 bits per heavy atom. The van der Waals surface area contributed by atoms with Gasteiger partial charge in [-0.05, 0) is 31.5 Å². The summed E-state index contributed by atoms with van der Waals surface area (Å²) in [7, 11) is 1.61. The minimum absolute atomic E-state index is 0.0902. The topological polar surface area (TPSA) is 62.8 Å². The highest BCUT2D eigenvalue weighted by atomic mass is 16.5. The Kier molecular flexibility index (Phi) is 7.25. The molecule has 156 valence electrons.